The first kappa shape index (κ1) is 9.36. The fourth-order valence-corrected chi connectivity index (χ4v) is 2.19. The molecular weight excluding hydrogens is 158 g/mol. The number of hydrogen-bond acceptors (Lipinski definition) is 3. The molecule has 0 aliphatic carbocycles. The van der Waals surface area contributed by atoms with Gasteiger partial charge in [0.2, 0.25) is 0 Å². The zero-order chi connectivity index (χ0) is 8.10. The molecule has 1 heterocycles. The third kappa shape index (κ3) is 3.45. The molecule has 66 valence electrons. The number of hydrogen-bond donors (Lipinski definition) is 1. The van der Waals surface area contributed by atoms with Gasteiger partial charge in [-0.3, -0.25) is 4.90 Å². The zero-order valence-corrected chi connectivity index (χ0v) is 7.94. The predicted molar refractivity (Wildman–Crippen MR) is 50.1 cm³/mol. The van der Waals surface area contributed by atoms with Gasteiger partial charge in [-0.15, -0.1) is 0 Å². The average Bonchev–Trinajstić information content (AvgIpc) is 2.06. The maximum absolute atomic E-state index is 9.36. The van der Waals surface area contributed by atoms with Gasteiger partial charge in [0.15, 0.2) is 0 Å². The van der Waals surface area contributed by atoms with E-state index < -0.39 is 0 Å². The van der Waals surface area contributed by atoms with E-state index in [9.17, 15) is 5.11 Å². The first-order chi connectivity index (χ1) is 5.33. The minimum Gasteiger partial charge on any atom is -0.392 e. The molecule has 1 atom stereocenters. The molecule has 3 heteroatoms. The van der Waals surface area contributed by atoms with E-state index in [-0.39, 0.29) is 6.10 Å². The molecule has 1 aliphatic rings. The van der Waals surface area contributed by atoms with E-state index in [1.165, 1.54) is 11.5 Å². The van der Waals surface area contributed by atoms with Crippen LogP contribution in [-0.4, -0.2) is 47.3 Å². The topological polar surface area (TPSA) is 23.5 Å². The minimum atomic E-state index is -0.113. The van der Waals surface area contributed by atoms with Gasteiger partial charge in [0.1, 0.15) is 0 Å². The van der Waals surface area contributed by atoms with Crippen LogP contribution in [0.15, 0.2) is 0 Å². The van der Waals surface area contributed by atoms with Gasteiger partial charge >= 0.3 is 0 Å². The van der Waals surface area contributed by atoms with Crippen LogP contribution in [0, 0.1) is 0 Å². The van der Waals surface area contributed by atoms with Crippen LogP contribution in [0.1, 0.15) is 13.3 Å². The van der Waals surface area contributed by atoms with Gasteiger partial charge in [0.25, 0.3) is 0 Å². The van der Waals surface area contributed by atoms with Crippen molar-refractivity contribution in [3.8, 4) is 0 Å². The highest BCUT2D eigenvalue weighted by molar-refractivity contribution is 7.99. The Kier molecular flexibility index (Phi) is 4.26. The summed E-state index contributed by atoms with van der Waals surface area (Å²) in [5, 5.41) is 9.36. The molecule has 1 saturated heterocycles. The van der Waals surface area contributed by atoms with Crippen LogP contribution in [0.3, 0.4) is 0 Å². The molecule has 0 aromatic carbocycles. The van der Waals surface area contributed by atoms with Crippen LogP contribution < -0.4 is 0 Å². The molecule has 1 fully saturated rings. The van der Waals surface area contributed by atoms with Crippen LogP contribution in [0.25, 0.3) is 0 Å². The Morgan fingerprint density at radius 2 is 2.09 bits per heavy atom. The fraction of sp³-hybridized carbons (Fsp3) is 1.00. The lowest BCUT2D eigenvalue weighted by Gasteiger charge is -2.27. The Hall–Kier alpha value is 0.270. The van der Waals surface area contributed by atoms with Gasteiger partial charge in [-0.25, -0.2) is 0 Å². The second-order valence-electron chi connectivity index (χ2n) is 2.98. The largest absolute Gasteiger partial charge is 0.392 e. The first-order valence-corrected chi connectivity index (χ1v) is 5.46. The monoisotopic (exact) mass is 175 g/mol. The first-order valence-electron chi connectivity index (χ1n) is 4.31. The Balaban J connectivity index is 2.13. The zero-order valence-electron chi connectivity index (χ0n) is 7.12. The van der Waals surface area contributed by atoms with Crippen molar-refractivity contribution >= 4 is 11.8 Å². The fourth-order valence-electron chi connectivity index (χ4n) is 1.21. The number of rotatable bonds is 3. The van der Waals surface area contributed by atoms with Crippen molar-refractivity contribution in [1.29, 1.82) is 0 Å². The molecule has 0 amide bonds. The maximum atomic E-state index is 9.36. The number of β-amino-alcohol motifs (C(OH)–C–C–N with tert-alkyl or cyclic N) is 1. The van der Waals surface area contributed by atoms with E-state index in [1.807, 2.05) is 18.7 Å². The standard InChI is InChI=1S/C8H17NOS/c1-2-8(10)7-9-3-5-11-6-4-9/h8,10H,2-7H2,1H3. The van der Waals surface area contributed by atoms with E-state index >= 15 is 0 Å². The second kappa shape index (κ2) is 5.01. The molecule has 0 aromatic heterocycles. The molecule has 1 unspecified atom stereocenters. The highest BCUT2D eigenvalue weighted by Crippen LogP contribution is 2.09. The van der Waals surface area contributed by atoms with Crippen LogP contribution in [0.5, 0.6) is 0 Å². The molecule has 1 rings (SSSR count). The minimum absolute atomic E-state index is 0.113. The normalized spacial score (nSPS) is 23.5. The van der Waals surface area contributed by atoms with Crippen LogP contribution in [0.4, 0.5) is 0 Å². The van der Waals surface area contributed by atoms with Crippen LogP contribution >= 0.6 is 11.8 Å². The second-order valence-corrected chi connectivity index (χ2v) is 4.20. The Bertz CT molecular complexity index is 104. The van der Waals surface area contributed by atoms with Crippen LogP contribution in [0.2, 0.25) is 0 Å². The summed E-state index contributed by atoms with van der Waals surface area (Å²) < 4.78 is 0. The quantitative estimate of drug-likeness (QED) is 0.686. The van der Waals surface area contributed by atoms with Gasteiger partial charge in [0, 0.05) is 31.1 Å². The van der Waals surface area contributed by atoms with Gasteiger partial charge in [0.05, 0.1) is 6.10 Å². The summed E-state index contributed by atoms with van der Waals surface area (Å²) in [7, 11) is 0. The maximum Gasteiger partial charge on any atom is 0.0664 e. The van der Waals surface area contributed by atoms with Crippen molar-refractivity contribution in [2.45, 2.75) is 19.4 Å². The molecule has 0 bridgehead atoms. The number of aliphatic hydroxyl groups excluding tert-OH is 1. The Morgan fingerprint density at radius 3 is 2.64 bits per heavy atom. The molecular formula is C8H17NOS. The summed E-state index contributed by atoms with van der Waals surface area (Å²) in [6, 6.07) is 0. The van der Waals surface area contributed by atoms with Crippen molar-refractivity contribution in [2.24, 2.45) is 0 Å². The SMILES string of the molecule is CCC(O)CN1CCSCC1. The number of thioether (sulfide) groups is 1. The summed E-state index contributed by atoms with van der Waals surface area (Å²) in [6.07, 6.45) is 0.766. The van der Waals surface area contributed by atoms with Crippen molar-refractivity contribution in [2.75, 3.05) is 31.1 Å². The predicted octanol–water partition coefficient (Wildman–Crippen LogP) is 0.806. The van der Waals surface area contributed by atoms with Gasteiger partial charge < -0.3 is 5.11 Å². The van der Waals surface area contributed by atoms with Crippen molar-refractivity contribution in [1.82, 2.24) is 4.90 Å². The van der Waals surface area contributed by atoms with E-state index in [1.54, 1.807) is 0 Å². The summed E-state index contributed by atoms with van der Waals surface area (Å²) in [4.78, 5) is 2.35. The molecule has 0 radical (unpaired) electrons. The highest BCUT2D eigenvalue weighted by atomic mass is 32.2. The van der Waals surface area contributed by atoms with E-state index in [2.05, 4.69) is 4.90 Å². The molecule has 0 aromatic rings. The Morgan fingerprint density at radius 1 is 1.45 bits per heavy atom. The Labute approximate surface area is 73.0 Å². The summed E-state index contributed by atoms with van der Waals surface area (Å²) >= 11 is 2.01. The van der Waals surface area contributed by atoms with E-state index in [0.29, 0.717) is 0 Å². The third-order valence-corrected chi connectivity index (χ3v) is 2.99. The van der Waals surface area contributed by atoms with Crippen LogP contribution in [-0.2, 0) is 0 Å². The third-order valence-electron chi connectivity index (χ3n) is 2.04. The molecule has 0 saturated carbocycles. The van der Waals surface area contributed by atoms with Gasteiger partial charge in [-0.05, 0) is 6.42 Å². The molecule has 1 aliphatic heterocycles. The average molecular weight is 175 g/mol. The molecule has 2 nitrogen and oxygen atoms in total. The van der Waals surface area contributed by atoms with E-state index in [0.717, 1.165) is 26.1 Å². The summed E-state index contributed by atoms with van der Waals surface area (Å²) in [5.74, 6) is 2.47. The molecule has 0 spiro atoms. The molecule has 1 N–H and O–H groups in total. The lowest BCUT2D eigenvalue weighted by molar-refractivity contribution is 0.115. The smallest absolute Gasteiger partial charge is 0.0664 e. The lowest BCUT2D eigenvalue weighted by Crippen LogP contribution is -2.38. The van der Waals surface area contributed by atoms with Gasteiger partial charge in [-0.1, -0.05) is 6.92 Å². The number of aliphatic hydroxyl groups is 1. The van der Waals surface area contributed by atoms with Crippen molar-refractivity contribution < 1.29 is 5.11 Å². The number of nitrogens with zero attached hydrogens (tertiary/aromatic N) is 1. The van der Waals surface area contributed by atoms with Crippen molar-refractivity contribution in [3.05, 3.63) is 0 Å². The van der Waals surface area contributed by atoms with Gasteiger partial charge in [-0.2, -0.15) is 11.8 Å². The van der Waals surface area contributed by atoms with Crippen molar-refractivity contribution in [3.63, 3.8) is 0 Å². The lowest BCUT2D eigenvalue weighted by atomic mass is 10.2. The molecule has 11 heavy (non-hydrogen) atoms. The highest BCUT2D eigenvalue weighted by Gasteiger charge is 2.12. The summed E-state index contributed by atoms with van der Waals surface area (Å²) in [5.41, 5.74) is 0. The van der Waals surface area contributed by atoms with E-state index in [4.69, 9.17) is 0 Å². The summed E-state index contributed by atoms with van der Waals surface area (Å²) in [6.45, 7) is 5.21.